The van der Waals surface area contributed by atoms with Crippen molar-refractivity contribution in [3.8, 4) is 0 Å². The molecule has 0 fully saturated rings. The second kappa shape index (κ2) is 12.0. The summed E-state index contributed by atoms with van der Waals surface area (Å²) in [5.41, 5.74) is 2.49. The van der Waals surface area contributed by atoms with Crippen molar-refractivity contribution in [2.75, 3.05) is 23.7 Å². The SMILES string of the molecule is CCCNc1c(Cl)cccc1Cl.CCCNc1ccc(CC)cc1F. The third-order valence-corrected chi connectivity index (χ3v) is 4.15. The van der Waals surface area contributed by atoms with Gasteiger partial charge < -0.3 is 10.6 Å². The number of nitrogens with one attached hydrogen (secondary N) is 2. The van der Waals surface area contributed by atoms with Gasteiger partial charge in [0.2, 0.25) is 0 Å². The van der Waals surface area contributed by atoms with E-state index in [-0.39, 0.29) is 5.82 Å². The van der Waals surface area contributed by atoms with Crippen molar-refractivity contribution in [2.24, 2.45) is 0 Å². The fraction of sp³-hybridized carbons (Fsp3) is 0.400. The molecule has 0 heterocycles. The van der Waals surface area contributed by atoms with Gasteiger partial charge in [0, 0.05) is 13.1 Å². The van der Waals surface area contributed by atoms with Crippen molar-refractivity contribution in [3.05, 3.63) is 57.8 Å². The summed E-state index contributed by atoms with van der Waals surface area (Å²) >= 11 is 11.8. The van der Waals surface area contributed by atoms with Crippen LogP contribution in [0.1, 0.15) is 39.2 Å². The Hall–Kier alpha value is -1.45. The molecule has 0 aliphatic rings. The molecule has 2 nitrogen and oxygen atoms in total. The molecule has 2 rings (SSSR count). The minimum absolute atomic E-state index is 0.146. The van der Waals surface area contributed by atoms with E-state index in [1.165, 1.54) is 0 Å². The predicted octanol–water partition coefficient (Wildman–Crippen LogP) is 7.03. The van der Waals surface area contributed by atoms with Crippen LogP contribution >= 0.6 is 23.2 Å². The lowest BCUT2D eigenvalue weighted by Crippen LogP contribution is -2.02. The molecule has 0 amide bonds. The van der Waals surface area contributed by atoms with Crippen LogP contribution in [-0.2, 0) is 6.42 Å². The van der Waals surface area contributed by atoms with Crippen LogP contribution in [-0.4, -0.2) is 13.1 Å². The largest absolute Gasteiger partial charge is 0.383 e. The molecule has 0 atom stereocenters. The van der Waals surface area contributed by atoms with Gasteiger partial charge in [0.1, 0.15) is 5.82 Å². The molecule has 0 bridgehead atoms. The van der Waals surface area contributed by atoms with E-state index in [0.717, 1.165) is 43.6 Å². The fourth-order valence-corrected chi connectivity index (χ4v) is 2.63. The summed E-state index contributed by atoms with van der Waals surface area (Å²) < 4.78 is 13.3. The van der Waals surface area contributed by atoms with Crippen molar-refractivity contribution in [1.82, 2.24) is 0 Å². The summed E-state index contributed by atoms with van der Waals surface area (Å²) in [5.74, 6) is -0.146. The summed E-state index contributed by atoms with van der Waals surface area (Å²) in [6, 6.07) is 10.8. The van der Waals surface area contributed by atoms with Gasteiger partial charge in [-0.2, -0.15) is 0 Å². The van der Waals surface area contributed by atoms with E-state index in [1.807, 2.05) is 37.3 Å². The van der Waals surface area contributed by atoms with Gasteiger partial charge >= 0.3 is 0 Å². The Kier molecular flexibility index (Phi) is 10.4. The van der Waals surface area contributed by atoms with Gasteiger partial charge in [-0.1, -0.05) is 56.1 Å². The van der Waals surface area contributed by atoms with Gasteiger partial charge in [-0.25, -0.2) is 4.39 Å². The molecule has 0 saturated heterocycles. The lowest BCUT2D eigenvalue weighted by atomic mass is 10.1. The number of benzene rings is 2. The van der Waals surface area contributed by atoms with Crippen molar-refractivity contribution >= 4 is 34.6 Å². The average Bonchev–Trinajstić information content (AvgIpc) is 2.61. The second-order valence-electron chi connectivity index (χ2n) is 5.62. The first kappa shape index (κ1) is 21.6. The summed E-state index contributed by atoms with van der Waals surface area (Å²) in [7, 11) is 0. The second-order valence-corrected chi connectivity index (χ2v) is 6.43. The van der Waals surface area contributed by atoms with Crippen LogP contribution < -0.4 is 10.6 Å². The first-order chi connectivity index (χ1) is 12.0. The van der Waals surface area contributed by atoms with Crippen LogP contribution in [0, 0.1) is 5.82 Å². The fourth-order valence-electron chi connectivity index (χ4n) is 2.10. The third kappa shape index (κ3) is 7.54. The van der Waals surface area contributed by atoms with Crippen LogP contribution in [0.25, 0.3) is 0 Å². The van der Waals surface area contributed by atoms with Crippen LogP contribution in [0.2, 0.25) is 10.0 Å². The summed E-state index contributed by atoms with van der Waals surface area (Å²) in [6.07, 6.45) is 2.95. The molecular weight excluding hydrogens is 358 g/mol. The van der Waals surface area contributed by atoms with E-state index < -0.39 is 0 Å². The van der Waals surface area contributed by atoms with Gasteiger partial charge in [-0.3, -0.25) is 0 Å². The first-order valence-corrected chi connectivity index (χ1v) is 9.49. The van der Waals surface area contributed by atoms with E-state index in [1.54, 1.807) is 6.07 Å². The van der Waals surface area contributed by atoms with Crippen LogP contribution in [0.5, 0.6) is 0 Å². The number of halogens is 3. The Morgan fingerprint density at radius 3 is 2.00 bits per heavy atom. The van der Waals surface area contributed by atoms with Gasteiger partial charge in [0.25, 0.3) is 0 Å². The molecule has 0 spiro atoms. The maximum absolute atomic E-state index is 13.3. The Labute approximate surface area is 160 Å². The highest BCUT2D eigenvalue weighted by molar-refractivity contribution is 6.39. The monoisotopic (exact) mass is 384 g/mol. The molecule has 0 aliphatic carbocycles. The maximum atomic E-state index is 13.3. The smallest absolute Gasteiger partial charge is 0.146 e. The van der Waals surface area contributed by atoms with Gasteiger partial charge in [0.05, 0.1) is 21.4 Å². The van der Waals surface area contributed by atoms with E-state index in [2.05, 4.69) is 24.5 Å². The predicted molar refractivity (Wildman–Crippen MR) is 110 cm³/mol. The molecule has 2 N–H and O–H groups in total. The molecule has 25 heavy (non-hydrogen) atoms. The number of para-hydroxylation sites is 1. The Bertz CT molecular complexity index is 627. The van der Waals surface area contributed by atoms with Crippen molar-refractivity contribution in [2.45, 2.75) is 40.0 Å². The molecule has 5 heteroatoms. The van der Waals surface area contributed by atoms with Gasteiger partial charge in [-0.15, -0.1) is 0 Å². The molecular formula is C20H27Cl2FN2. The summed E-state index contributed by atoms with van der Waals surface area (Å²) in [6.45, 7) is 7.89. The molecule has 0 radical (unpaired) electrons. The zero-order chi connectivity index (χ0) is 18.7. The lowest BCUT2D eigenvalue weighted by Gasteiger charge is -2.08. The van der Waals surface area contributed by atoms with Crippen molar-refractivity contribution in [1.29, 1.82) is 0 Å². The van der Waals surface area contributed by atoms with E-state index in [0.29, 0.717) is 15.7 Å². The van der Waals surface area contributed by atoms with Crippen molar-refractivity contribution < 1.29 is 4.39 Å². The Morgan fingerprint density at radius 2 is 1.48 bits per heavy atom. The molecule has 0 saturated carbocycles. The summed E-state index contributed by atoms with van der Waals surface area (Å²) in [4.78, 5) is 0. The van der Waals surface area contributed by atoms with E-state index >= 15 is 0 Å². The molecule has 138 valence electrons. The average molecular weight is 385 g/mol. The number of hydrogen-bond donors (Lipinski definition) is 2. The minimum atomic E-state index is -0.146. The highest BCUT2D eigenvalue weighted by Gasteiger charge is 2.02. The number of anilines is 2. The molecule has 2 aromatic carbocycles. The zero-order valence-electron chi connectivity index (χ0n) is 15.1. The van der Waals surface area contributed by atoms with Crippen molar-refractivity contribution in [3.63, 3.8) is 0 Å². The minimum Gasteiger partial charge on any atom is -0.383 e. The molecule has 0 unspecified atom stereocenters. The third-order valence-electron chi connectivity index (χ3n) is 3.52. The molecule has 0 aliphatic heterocycles. The number of aryl methyl sites for hydroxylation is 1. The topological polar surface area (TPSA) is 24.1 Å². The highest BCUT2D eigenvalue weighted by Crippen LogP contribution is 2.29. The van der Waals surface area contributed by atoms with Crippen LogP contribution in [0.15, 0.2) is 36.4 Å². The normalized spacial score (nSPS) is 10.0. The quantitative estimate of drug-likeness (QED) is 0.535. The Balaban J connectivity index is 0.000000251. The maximum Gasteiger partial charge on any atom is 0.146 e. The lowest BCUT2D eigenvalue weighted by molar-refractivity contribution is 0.628. The number of rotatable bonds is 7. The van der Waals surface area contributed by atoms with Crippen LogP contribution in [0.4, 0.5) is 15.8 Å². The van der Waals surface area contributed by atoms with Gasteiger partial charge in [0.15, 0.2) is 0 Å². The van der Waals surface area contributed by atoms with Gasteiger partial charge in [-0.05, 0) is 49.1 Å². The molecule has 0 aromatic heterocycles. The zero-order valence-corrected chi connectivity index (χ0v) is 16.6. The standard InChI is InChI=1S/C11H16FN.C9H11Cl2N/c1-3-7-13-11-6-5-9(4-2)8-10(11)12;1-2-6-12-9-7(10)4-3-5-8(9)11/h5-6,8,13H,3-4,7H2,1-2H3;3-5,12H,2,6H2,1H3. The van der Waals surface area contributed by atoms with Crippen LogP contribution in [0.3, 0.4) is 0 Å². The highest BCUT2D eigenvalue weighted by atomic mass is 35.5. The summed E-state index contributed by atoms with van der Waals surface area (Å²) in [5, 5.41) is 7.56. The molecule has 2 aromatic rings. The number of hydrogen-bond acceptors (Lipinski definition) is 2. The van der Waals surface area contributed by atoms with E-state index in [9.17, 15) is 4.39 Å². The first-order valence-electron chi connectivity index (χ1n) is 8.73. The Morgan fingerprint density at radius 1 is 0.880 bits per heavy atom. The van der Waals surface area contributed by atoms with E-state index in [4.69, 9.17) is 23.2 Å².